The highest BCUT2D eigenvalue weighted by molar-refractivity contribution is 5.70. The highest BCUT2D eigenvalue weighted by Gasteiger charge is 2.18. The molecule has 0 unspecified atom stereocenters. The Bertz CT molecular complexity index is 173. The minimum Gasteiger partial charge on any atom is -0.462 e. The van der Waals surface area contributed by atoms with Gasteiger partial charge in [-0.25, -0.2) is 0 Å². The third kappa shape index (κ3) is 3.07. The van der Waals surface area contributed by atoms with Gasteiger partial charge in [-0.1, -0.05) is 19.1 Å². The number of carbonyl (C=O) groups excluding carboxylic acids is 1. The largest absolute Gasteiger partial charge is 0.462 e. The molecule has 0 saturated carbocycles. The molecule has 0 aliphatic carbocycles. The van der Waals surface area contributed by atoms with Crippen LogP contribution in [0, 0.1) is 0 Å². The molecule has 68 valence electrons. The van der Waals surface area contributed by atoms with E-state index in [1.165, 1.54) is 0 Å². The first-order chi connectivity index (χ1) is 5.83. The van der Waals surface area contributed by atoms with Gasteiger partial charge in [-0.05, 0) is 19.3 Å². The van der Waals surface area contributed by atoms with Crippen molar-refractivity contribution in [3.8, 4) is 0 Å². The fourth-order valence-electron chi connectivity index (χ4n) is 1.36. The summed E-state index contributed by atoms with van der Waals surface area (Å²) in [6.45, 7) is 2.10. The van der Waals surface area contributed by atoms with Crippen LogP contribution in [0.15, 0.2) is 12.2 Å². The number of esters is 1. The molecule has 1 fully saturated rings. The molecule has 12 heavy (non-hydrogen) atoms. The SMILES string of the molecule is CC/C=C/C[C@@H]1CCCC(=O)O1. The Balaban J connectivity index is 2.22. The van der Waals surface area contributed by atoms with Gasteiger partial charge in [0, 0.05) is 12.8 Å². The molecular formula is C10H16O2. The molecule has 2 nitrogen and oxygen atoms in total. The molecule has 1 rings (SSSR count). The fourth-order valence-corrected chi connectivity index (χ4v) is 1.36. The number of hydrogen-bond donors (Lipinski definition) is 0. The maximum atomic E-state index is 10.9. The Hall–Kier alpha value is -0.790. The van der Waals surface area contributed by atoms with Crippen LogP contribution in [0.4, 0.5) is 0 Å². The summed E-state index contributed by atoms with van der Waals surface area (Å²) in [4.78, 5) is 10.9. The number of cyclic esters (lactones) is 1. The van der Waals surface area contributed by atoms with E-state index < -0.39 is 0 Å². The number of allylic oxidation sites excluding steroid dienone is 1. The van der Waals surface area contributed by atoms with Crippen LogP contribution in [0.25, 0.3) is 0 Å². The Morgan fingerprint density at radius 3 is 3.08 bits per heavy atom. The van der Waals surface area contributed by atoms with Crippen molar-refractivity contribution < 1.29 is 9.53 Å². The molecule has 0 amide bonds. The van der Waals surface area contributed by atoms with Gasteiger partial charge in [0.2, 0.25) is 0 Å². The summed E-state index contributed by atoms with van der Waals surface area (Å²) in [5.41, 5.74) is 0. The second kappa shape index (κ2) is 4.96. The van der Waals surface area contributed by atoms with Crippen LogP contribution in [0.1, 0.15) is 39.0 Å². The zero-order chi connectivity index (χ0) is 8.81. The fraction of sp³-hybridized carbons (Fsp3) is 0.700. The molecule has 1 atom stereocenters. The minimum absolute atomic E-state index is 0.0313. The standard InChI is InChI=1S/C10H16O2/c1-2-3-4-6-9-7-5-8-10(11)12-9/h3-4,9H,2,5-8H2,1H3/b4-3+/t9-/m1/s1. The van der Waals surface area contributed by atoms with E-state index in [0.717, 1.165) is 25.7 Å². The quantitative estimate of drug-likeness (QED) is 0.478. The lowest BCUT2D eigenvalue weighted by Gasteiger charge is -2.20. The van der Waals surface area contributed by atoms with Crippen molar-refractivity contribution in [3.05, 3.63) is 12.2 Å². The predicted octanol–water partition coefficient (Wildman–Crippen LogP) is 2.44. The second-order valence-corrected chi connectivity index (χ2v) is 3.12. The van der Waals surface area contributed by atoms with Gasteiger partial charge >= 0.3 is 5.97 Å². The smallest absolute Gasteiger partial charge is 0.306 e. The molecule has 1 aliphatic rings. The minimum atomic E-state index is -0.0313. The van der Waals surface area contributed by atoms with E-state index in [9.17, 15) is 4.79 Å². The average molecular weight is 168 g/mol. The lowest BCUT2D eigenvalue weighted by atomic mass is 10.1. The van der Waals surface area contributed by atoms with Gasteiger partial charge in [0.15, 0.2) is 0 Å². The molecule has 0 radical (unpaired) electrons. The third-order valence-corrected chi connectivity index (χ3v) is 2.01. The van der Waals surface area contributed by atoms with Gasteiger partial charge in [-0.15, -0.1) is 0 Å². The highest BCUT2D eigenvalue weighted by atomic mass is 16.5. The maximum absolute atomic E-state index is 10.9. The number of ether oxygens (including phenoxy) is 1. The third-order valence-electron chi connectivity index (χ3n) is 2.01. The number of carbonyl (C=O) groups is 1. The molecule has 1 heterocycles. The van der Waals surface area contributed by atoms with Gasteiger partial charge in [0.1, 0.15) is 6.10 Å². The van der Waals surface area contributed by atoms with Crippen molar-refractivity contribution in [3.63, 3.8) is 0 Å². The van der Waals surface area contributed by atoms with E-state index in [-0.39, 0.29) is 12.1 Å². The first-order valence-electron chi connectivity index (χ1n) is 4.67. The monoisotopic (exact) mass is 168 g/mol. The molecular weight excluding hydrogens is 152 g/mol. The first kappa shape index (κ1) is 9.30. The zero-order valence-electron chi connectivity index (χ0n) is 7.58. The maximum Gasteiger partial charge on any atom is 0.306 e. The molecule has 0 bridgehead atoms. The van der Waals surface area contributed by atoms with E-state index in [1.54, 1.807) is 0 Å². The van der Waals surface area contributed by atoms with Gasteiger partial charge in [-0.3, -0.25) is 4.79 Å². The van der Waals surface area contributed by atoms with Crippen LogP contribution in [0.3, 0.4) is 0 Å². The zero-order valence-corrected chi connectivity index (χ0v) is 7.58. The summed E-state index contributed by atoms with van der Waals surface area (Å²) < 4.78 is 5.14. The van der Waals surface area contributed by atoms with Gasteiger partial charge < -0.3 is 4.74 Å². The molecule has 0 aromatic carbocycles. The van der Waals surface area contributed by atoms with Gasteiger partial charge in [0.05, 0.1) is 0 Å². The van der Waals surface area contributed by atoms with Crippen molar-refractivity contribution >= 4 is 5.97 Å². The normalized spacial score (nSPS) is 24.4. The second-order valence-electron chi connectivity index (χ2n) is 3.12. The summed E-state index contributed by atoms with van der Waals surface area (Å²) in [5, 5.41) is 0. The number of rotatable bonds is 3. The van der Waals surface area contributed by atoms with E-state index >= 15 is 0 Å². The first-order valence-corrected chi connectivity index (χ1v) is 4.67. The lowest BCUT2D eigenvalue weighted by Crippen LogP contribution is -2.22. The van der Waals surface area contributed by atoms with Crippen molar-refractivity contribution in [1.29, 1.82) is 0 Å². The van der Waals surface area contributed by atoms with Gasteiger partial charge in [-0.2, -0.15) is 0 Å². The molecule has 2 heteroatoms. The van der Waals surface area contributed by atoms with Crippen LogP contribution < -0.4 is 0 Å². The Morgan fingerprint density at radius 1 is 1.58 bits per heavy atom. The van der Waals surface area contributed by atoms with Crippen LogP contribution in [0.2, 0.25) is 0 Å². The highest BCUT2D eigenvalue weighted by Crippen LogP contribution is 2.16. The lowest BCUT2D eigenvalue weighted by molar-refractivity contribution is -0.153. The average Bonchev–Trinajstić information content (AvgIpc) is 2.05. The van der Waals surface area contributed by atoms with Gasteiger partial charge in [0.25, 0.3) is 0 Å². The van der Waals surface area contributed by atoms with E-state index in [2.05, 4.69) is 19.1 Å². The Morgan fingerprint density at radius 2 is 2.42 bits per heavy atom. The Kier molecular flexibility index (Phi) is 3.85. The summed E-state index contributed by atoms with van der Waals surface area (Å²) in [5.74, 6) is -0.0313. The molecule has 0 N–H and O–H groups in total. The molecule has 1 saturated heterocycles. The number of hydrogen-bond acceptors (Lipinski definition) is 2. The van der Waals surface area contributed by atoms with Crippen molar-refractivity contribution in [2.24, 2.45) is 0 Å². The van der Waals surface area contributed by atoms with Crippen molar-refractivity contribution in [1.82, 2.24) is 0 Å². The van der Waals surface area contributed by atoms with Crippen LogP contribution in [-0.4, -0.2) is 12.1 Å². The Labute approximate surface area is 73.6 Å². The van der Waals surface area contributed by atoms with Crippen LogP contribution >= 0.6 is 0 Å². The summed E-state index contributed by atoms with van der Waals surface area (Å²) >= 11 is 0. The molecule has 0 aromatic rings. The summed E-state index contributed by atoms with van der Waals surface area (Å²) in [7, 11) is 0. The van der Waals surface area contributed by atoms with E-state index in [4.69, 9.17) is 4.74 Å². The van der Waals surface area contributed by atoms with E-state index in [0.29, 0.717) is 6.42 Å². The summed E-state index contributed by atoms with van der Waals surface area (Å²) in [6, 6.07) is 0. The summed E-state index contributed by atoms with van der Waals surface area (Å²) in [6.07, 6.45) is 8.93. The topological polar surface area (TPSA) is 26.3 Å². The molecule has 0 aromatic heterocycles. The molecule has 1 aliphatic heterocycles. The van der Waals surface area contributed by atoms with E-state index in [1.807, 2.05) is 0 Å². The van der Waals surface area contributed by atoms with Crippen molar-refractivity contribution in [2.45, 2.75) is 45.1 Å². The molecule has 0 spiro atoms. The van der Waals surface area contributed by atoms with Crippen molar-refractivity contribution in [2.75, 3.05) is 0 Å². The van der Waals surface area contributed by atoms with Crippen LogP contribution in [-0.2, 0) is 9.53 Å². The van der Waals surface area contributed by atoms with Crippen LogP contribution in [0.5, 0.6) is 0 Å². The predicted molar refractivity (Wildman–Crippen MR) is 47.8 cm³/mol.